The van der Waals surface area contributed by atoms with Crippen molar-refractivity contribution >= 4 is 23.5 Å². The van der Waals surface area contributed by atoms with E-state index in [1.807, 2.05) is 25.1 Å². The molecule has 0 aliphatic carbocycles. The first-order valence-corrected chi connectivity index (χ1v) is 5.80. The van der Waals surface area contributed by atoms with Crippen LogP contribution in [0.25, 0.3) is 0 Å². The van der Waals surface area contributed by atoms with Crippen LogP contribution in [0.3, 0.4) is 0 Å². The largest absolute Gasteiger partial charge is 0.356 e. The highest BCUT2D eigenvalue weighted by atomic mass is 16.2. The Labute approximate surface area is 110 Å². The van der Waals surface area contributed by atoms with Gasteiger partial charge in [0.2, 0.25) is 0 Å². The van der Waals surface area contributed by atoms with Gasteiger partial charge in [-0.25, -0.2) is 25.4 Å². The number of hydrazine groups is 1. The summed E-state index contributed by atoms with van der Waals surface area (Å²) in [5.41, 5.74) is 7.10. The number of anilines is 1. The molecule has 0 saturated carbocycles. The first-order valence-electron chi connectivity index (χ1n) is 5.80. The van der Waals surface area contributed by atoms with Gasteiger partial charge in [0.1, 0.15) is 0 Å². The van der Waals surface area contributed by atoms with Crippen molar-refractivity contribution in [1.29, 1.82) is 0 Å². The van der Waals surface area contributed by atoms with Gasteiger partial charge in [0.15, 0.2) is 0 Å². The highest BCUT2D eigenvalue weighted by Crippen LogP contribution is 2.12. The van der Waals surface area contributed by atoms with Crippen molar-refractivity contribution in [3.8, 4) is 0 Å². The number of carbonyl (C=O) groups is 2. The molecule has 1 aliphatic heterocycles. The molecule has 0 atom stereocenters. The zero-order chi connectivity index (χ0) is 13.8. The van der Waals surface area contributed by atoms with E-state index in [9.17, 15) is 9.59 Å². The van der Waals surface area contributed by atoms with E-state index in [-0.39, 0.29) is 6.54 Å². The maximum Gasteiger partial charge on any atom is 0.356 e. The Morgan fingerprint density at radius 1 is 1.37 bits per heavy atom. The summed E-state index contributed by atoms with van der Waals surface area (Å²) in [5.74, 6) is 0. The van der Waals surface area contributed by atoms with Crippen molar-refractivity contribution in [3.63, 3.8) is 0 Å². The van der Waals surface area contributed by atoms with Crippen LogP contribution in [-0.2, 0) is 0 Å². The Bertz CT molecular complexity index is 541. The fraction of sp³-hybridized carbons (Fsp3) is 0.250. The van der Waals surface area contributed by atoms with Crippen LogP contribution in [0.5, 0.6) is 0 Å². The van der Waals surface area contributed by atoms with Crippen molar-refractivity contribution in [2.45, 2.75) is 13.8 Å². The number of rotatable bonds is 2. The van der Waals surface area contributed by atoms with Crippen LogP contribution in [0, 0.1) is 6.92 Å². The van der Waals surface area contributed by atoms with Crippen LogP contribution in [0.1, 0.15) is 12.5 Å². The van der Waals surface area contributed by atoms with Crippen LogP contribution in [-0.4, -0.2) is 29.3 Å². The van der Waals surface area contributed by atoms with E-state index in [0.29, 0.717) is 11.4 Å². The predicted molar refractivity (Wildman–Crippen MR) is 71.7 cm³/mol. The minimum Gasteiger partial charge on any atom is -0.306 e. The van der Waals surface area contributed by atoms with Crippen molar-refractivity contribution in [3.05, 3.63) is 29.8 Å². The van der Waals surface area contributed by atoms with E-state index in [1.54, 1.807) is 13.0 Å². The predicted octanol–water partition coefficient (Wildman–Crippen LogP) is 1.43. The highest BCUT2D eigenvalue weighted by molar-refractivity contribution is 5.95. The summed E-state index contributed by atoms with van der Waals surface area (Å²) < 4.78 is 0. The van der Waals surface area contributed by atoms with Gasteiger partial charge in [0.05, 0.1) is 12.3 Å². The Morgan fingerprint density at radius 2 is 2.11 bits per heavy atom. The average molecular weight is 261 g/mol. The number of hydrogen-bond acceptors (Lipinski definition) is 3. The quantitative estimate of drug-likeness (QED) is 0.752. The van der Waals surface area contributed by atoms with E-state index in [1.165, 1.54) is 0 Å². The number of nitrogens with zero attached hydrogens (tertiary/aromatic N) is 2. The molecule has 100 valence electrons. The molecule has 2 rings (SSSR count). The number of aryl methyl sites for hydroxylation is 1. The number of para-hydroxylation sites is 1. The molecule has 4 amide bonds. The molecule has 0 spiro atoms. The van der Waals surface area contributed by atoms with Gasteiger partial charge in [0, 0.05) is 5.69 Å². The number of benzene rings is 1. The summed E-state index contributed by atoms with van der Waals surface area (Å²) in [4.78, 5) is 23.3. The summed E-state index contributed by atoms with van der Waals surface area (Å²) >= 11 is 0. The fourth-order valence-electron chi connectivity index (χ4n) is 1.62. The molecule has 0 radical (unpaired) electrons. The fourth-order valence-corrected chi connectivity index (χ4v) is 1.62. The monoisotopic (exact) mass is 261 g/mol. The average Bonchev–Trinajstić information content (AvgIpc) is 2.37. The molecule has 7 nitrogen and oxygen atoms in total. The molecule has 19 heavy (non-hydrogen) atoms. The Balaban J connectivity index is 1.97. The van der Waals surface area contributed by atoms with Crippen LogP contribution < -0.4 is 16.2 Å². The third-order valence-electron chi connectivity index (χ3n) is 2.60. The number of carbonyl (C=O) groups excluding carboxylic acids is 2. The zero-order valence-corrected chi connectivity index (χ0v) is 10.7. The van der Waals surface area contributed by atoms with Crippen molar-refractivity contribution in [1.82, 2.24) is 15.9 Å². The SMILES string of the molecule is CC1=NNC(=O)N(NC(=O)Nc2ccccc2C)C1. The third-order valence-corrected chi connectivity index (χ3v) is 2.60. The lowest BCUT2D eigenvalue weighted by Crippen LogP contribution is -2.55. The molecule has 0 unspecified atom stereocenters. The number of hydrazone groups is 1. The molecule has 0 saturated heterocycles. The summed E-state index contributed by atoms with van der Waals surface area (Å²) in [6.45, 7) is 3.90. The molecule has 7 heteroatoms. The second-order valence-electron chi connectivity index (χ2n) is 4.23. The minimum atomic E-state index is -0.473. The maximum atomic E-state index is 11.8. The molecule has 1 aromatic carbocycles. The molecular weight excluding hydrogens is 246 g/mol. The summed E-state index contributed by atoms with van der Waals surface area (Å²) in [7, 11) is 0. The Hall–Kier alpha value is -2.57. The lowest BCUT2D eigenvalue weighted by atomic mass is 10.2. The standard InChI is InChI=1S/C12H15N5O2/c1-8-5-3-4-6-10(8)13-11(18)16-17-7-9(2)14-15-12(17)19/h3-6H,7H2,1-2H3,(H,15,19)(H2,13,16,18). The number of nitrogens with one attached hydrogen (secondary N) is 3. The summed E-state index contributed by atoms with van der Waals surface area (Å²) in [6, 6.07) is 6.45. The van der Waals surface area contributed by atoms with Gasteiger partial charge >= 0.3 is 12.1 Å². The molecule has 1 heterocycles. The first-order chi connectivity index (χ1) is 9.06. The van der Waals surface area contributed by atoms with Gasteiger partial charge in [0.25, 0.3) is 0 Å². The lowest BCUT2D eigenvalue weighted by molar-refractivity contribution is 0.177. The van der Waals surface area contributed by atoms with Gasteiger partial charge in [-0.05, 0) is 25.5 Å². The second-order valence-corrected chi connectivity index (χ2v) is 4.23. The highest BCUT2D eigenvalue weighted by Gasteiger charge is 2.20. The van der Waals surface area contributed by atoms with Crippen LogP contribution in [0.2, 0.25) is 0 Å². The van der Waals surface area contributed by atoms with Crippen molar-refractivity contribution in [2.75, 3.05) is 11.9 Å². The van der Waals surface area contributed by atoms with Crippen LogP contribution in [0.4, 0.5) is 15.3 Å². The first kappa shape index (κ1) is 12.9. The van der Waals surface area contributed by atoms with E-state index >= 15 is 0 Å². The Morgan fingerprint density at radius 3 is 2.84 bits per heavy atom. The second kappa shape index (κ2) is 5.38. The van der Waals surface area contributed by atoms with E-state index in [4.69, 9.17) is 0 Å². The molecule has 0 fully saturated rings. The zero-order valence-electron chi connectivity index (χ0n) is 10.7. The molecule has 3 N–H and O–H groups in total. The van der Waals surface area contributed by atoms with Gasteiger partial charge < -0.3 is 5.32 Å². The smallest absolute Gasteiger partial charge is 0.306 e. The molecular formula is C12H15N5O2. The van der Waals surface area contributed by atoms with Gasteiger partial charge in [-0.3, -0.25) is 0 Å². The molecule has 0 aromatic heterocycles. The third kappa shape index (κ3) is 3.21. The molecule has 1 aromatic rings. The number of urea groups is 2. The minimum absolute atomic E-state index is 0.257. The normalized spacial score (nSPS) is 14.5. The lowest BCUT2D eigenvalue weighted by Gasteiger charge is -2.25. The van der Waals surface area contributed by atoms with E-state index in [0.717, 1.165) is 10.6 Å². The topological polar surface area (TPSA) is 85.8 Å². The van der Waals surface area contributed by atoms with Crippen LogP contribution >= 0.6 is 0 Å². The number of amides is 4. The summed E-state index contributed by atoms with van der Waals surface area (Å²) in [5, 5.41) is 7.61. The maximum absolute atomic E-state index is 11.8. The van der Waals surface area contributed by atoms with Gasteiger partial charge in [-0.1, -0.05) is 18.2 Å². The van der Waals surface area contributed by atoms with Gasteiger partial charge in [-0.2, -0.15) is 5.10 Å². The molecule has 0 bridgehead atoms. The number of hydrogen-bond donors (Lipinski definition) is 3. The van der Waals surface area contributed by atoms with E-state index in [2.05, 4.69) is 21.3 Å². The summed E-state index contributed by atoms with van der Waals surface area (Å²) in [6.07, 6.45) is 0. The molecule has 1 aliphatic rings. The van der Waals surface area contributed by atoms with Crippen LogP contribution in [0.15, 0.2) is 29.4 Å². The van der Waals surface area contributed by atoms with Crippen molar-refractivity contribution < 1.29 is 9.59 Å². The van der Waals surface area contributed by atoms with E-state index < -0.39 is 12.1 Å². The van der Waals surface area contributed by atoms with Gasteiger partial charge in [-0.15, -0.1) is 0 Å². The van der Waals surface area contributed by atoms with Crippen molar-refractivity contribution in [2.24, 2.45) is 5.10 Å². The Kier molecular flexibility index (Phi) is 3.65.